The molecule has 94 valence electrons. The molecule has 1 atom stereocenters. The summed E-state index contributed by atoms with van der Waals surface area (Å²) >= 11 is 3.52. The Morgan fingerprint density at radius 2 is 2.12 bits per heavy atom. The number of aliphatic hydroxyl groups excluding tert-OH is 1. The van der Waals surface area contributed by atoms with Gasteiger partial charge in [-0.15, -0.1) is 0 Å². The number of benzene rings is 1. The lowest BCUT2D eigenvalue weighted by Gasteiger charge is -2.31. The van der Waals surface area contributed by atoms with E-state index in [1.165, 1.54) is 5.56 Å². The minimum absolute atomic E-state index is 0.0765. The first-order chi connectivity index (χ1) is 8.15. The van der Waals surface area contributed by atoms with E-state index in [0.717, 1.165) is 36.9 Å². The minimum Gasteiger partial charge on any atom is -0.393 e. The van der Waals surface area contributed by atoms with Gasteiger partial charge in [-0.2, -0.15) is 0 Å². The summed E-state index contributed by atoms with van der Waals surface area (Å²) < 4.78 is 1.15. The van der Waals surface area contributed by atoms with Crippen LogP contribution in [-0.2, 0) is 0 Å². The van der Waals surface area contributed by atoms with E-state index in [1.807, 2.05) is 0 Å². The lowest BCUT2D eigenvalue weighted by Crippen LogP contribution is -2.37. The lowest BCUT2D eigenvalue weighted by molar-refractivity contribution is 0.0803. The molecule has 1 aliphatic rings. The summed E-state index contributed by atoms with van der Waals surface area (Å²) in [5.74, 6) is 0.544. The minimum atomic E-state index is -0.0765. The molecule has 1 heterocycles. The maximum absolute atomic E-state index is 9.48. The Morgan fingerprint density at radius 3 is 2.76 bits per heavy atom. The van der Waals surface area contributed by atoms with Crippen molar-refractivity contribution in [2.45, 2.75) is 31.8 Å². The van der Waals surface area contributed by atoms with Crippen molar-refractivity contribution in [3.8, 4) is 0 Å². The molecule has 0 bridgehead atoms. The van der Waals surface area contributed by atoms with Crippen LogP contribution in [0.5, 0.6) is 0 Å². The number of hydrogen-bond donors (Lipinski definition) is 1. The molecule has 17 heavy (non-hydrogen) atoms. The van der Waals surface area contributed by atoms with Crippen LogP contribution >= 0.6 is 15.9 Å². The van der Waals surface area contributed by atoms with Crippen LogP contribution in [0.3, 0.4) is 0 Å². The van der Waals surface area contributed by atoms with Gasteiger partial charge in [0.25, 0.3) is 0 Å². The molecule has 1 unspecified atom stereocenters. The van der Waals surface area contributed by atoms with Crippen LogP contribution < -0.4 is 0 Å². The van der Waals surface area contributed by atoms with Gasteiger partial charge < -0.3 is 10.0 Å². The van der Waals surface area contributed by atoms with Gasteiger partial charge in [0.05, 0.1) is 6.10 Å². The number of halogens is 1. The second-order valence-corrected chi connectivity index (χ2v) is 5.90. The van der Waals surface area contributed by atoms with E-state index in [1.54, 1.807) is 0 Å². The normalized spacial score (nSPS) is 20.4. The number of rotatable bonds is 3. The molecule has 1 aliphatic heterocycles. The molecule has 0 amide bonds. The van der Waals surface area contributed by atoms with Gasteiger partial charge in [0.2, 0.25) is 0 Å². The van der Waals surface area contributed by atoms with Crippen molar-refractivity contribution in [2.75, 3.05) is 19.6 Å². The second kappa shape index (κ2) is 5.98. The number of nitrogens with zero attached hydrogens (tertiary/aromatic N) is 1. The molecular formula is C14H20BrNO. The smallest absolute Gasteiger partial charge is 0.0564 e. The van der Waals surface area contributed by atoms with Gasteiger partial charge in [0.1, 0.15) is 0 Å². The molecule has 1 N–H and O–H groups in total. The molecule has 0 aromatic heterocycles. The summed E-state index contributed by atoms with van der Waals surface area (Å²) in [6.07, 6.45) is 1.77. The highest BCUT2D eigenvalue weighted by Crippen LogP contribution is 2.22. The first kappa shape index (κ1) is 13.1. The van der Waals surface area contributed by atoms with Crippen LogP contribution in [0.25, 0.3) is 0 Å². The third-order valence-corrected chi connectivity index (χ3v) is 4.00. The van der Waals surface area contributed by atoms with Gasteiger partial charge in [-0.1, -0.05) is 35.0 Å². The van der Waals surface area contributed by atoms with Gasteiger partial charge in [-0.25, -0.2) is 0 Å². The fourth-order valence-electron chi connectivity index (χ4n) is 2.41. The third-order valence-electron chi connectivity index (χ3n) is 3.51. The fourth-order valence-corrected chi connectivity index (χ4v) is 2.82. The molecule has 0 radical (unpaired) electrons. The molecule has 1 aromatic rings. The first-order valence-electron chi connectivity index (χ1n) is 6.31. The summed E-state index contributed by atoms with van der Waals surface area (Å²) in [7, 11) is 0. The summed E-state index contributed by atoms with van der Waals surface area (Å²) in [6, 6.07) is 8.54. The Morgan fingerprint density at radius 1 is 1.41 bits per heavy atom. The SMILES string of the molecule is CC(CN1CCC(O)CC1)c1cccc(Br)c1. The van der Waals surface area contributed by atoms with Crippen molar-refractivity contribution in [1.82, 2.24) is 4.90 Å². The molecule has 2 nitrogen and oxygen atoms in total. The van der Waals surface area contributed by atoms with Gasteiger partial charge in [-0.3, -0.25) is 0 Å². The van der Waals surface area contributed by atoms with Crippen molar-refractivity contribution < 1.29 is 5.11 Å². The van der Waals surface area contributed by atoms with Crippen LogP contribution in [0.2, 0.25) is 0 Å². The maximum atomic E-state index is 9.48. The Hall–Kier alpha value is -0.380. The molecule has 1 fully saturated rings. The molecule has 0 aliphatic carbocycles. The molecule has 0 spiro atoms. The number of hydrogen-bond acceptors (Lipinski definition) is 2. The topological polar surface area (TPSA) is 23.5 Å². The summed E-state index contributed by atoms with van der Waals surface area (Å²) in [4.78, 5) is 2.46. The lowest BCUT2D eigenvalue weighted by atomic mass is 9.99. The predicted octanol–water partition coefficient (Wildman–Crippen LogP) is 3.01. The standard InChI is InChI=1S/C14H20BrNO/c1-11(12-3-2-4-13(15)9-12)10-16-7-5-14(17)6-8-16/h2-4,9,11,14,17H,5-8,10H2,1H3. The summed E-state index contributed by atoms with van der Waals surface area (Å²) in [6.45, 7) is 5.41. The molecule has 1 aromatic carbocycles. The maximum Gasteiger partial charge on any atom is 0.0564 e. The van der Waals surface area contributed by atoms with Gasteiger partial charge in [0, 0.05) is 24.1 Å². The van der Waals surface area contributed by atoms with E-state index in [2.05, 4.69) is 52.0 Å². The average Bonchev–Trinajstić information content (AvgIpc) is 2.32. The van der Waals surface area contributed by atoms with E-state index in [0.29, 0.717) is 5.92 Å². The van der Waals surface area contributed by atoms with Crippen molar-refractivity contribution in [2.24, 2.45) is 0 Å². The van der Waals surface area contributed by atoms with E-state index in [4.69, 9.17) is 0 Å². The molecule has 1 saturated heterocycles. The zero-order chi connectivity index (χ0) is 12.3. The Balaban J connectivity index is 1.90. The number of likely N-dealkylation sites (tertiary alicyclic amines) is 1. The Labute approximate surface area is 112 Å². The fraction of sp³-hybridized carbons (Fsp3) is 0.571. The van der Waals surface area contributed by atoms with Crippen molar-refractivity contribution in [3.05, 3.63) is 34.3 Å². The Bertz CT molecular complexity index is 361. The zero-order valence-corrected chi connectivity index (χ0v) is 11.9. The third kappa shape index (κ3) is 3.80. The molecular weight excluding hydrogens is 278 g/mol. The zero-order valence-electron chi connectivity index (χ0n) is 10.3. The predicted molar refractivity (Wildman–Crippen MR) is 74.2 cm³/mol. The van der Waals surface area contributed by atoms with Crippen molar-refractivity contribution >= 4 is 15.9 Å². The first-order valence-corrected chi connectivity index (χ1v) is 7.10. The highest BCUT2D eigenvalue weighted by Gasteiger charge is 2.19. The van der Waals surface area contributed by atoms with E-state index in [-0.39, 0.29) is 6.10 Å². The summed E-state index contributed by atoms with van der Waals surface area (Å²) in [5, 5.41) is 9.48. The van der Waals surface area contributed by atoms with Crippen LogP contribution in [0.1, 0.15) is 31.2 Å². The van der Waals surface area contributed by atoms with Gasteiger partial charge in [-0.05, 0) is 36.5 Å². The van der Waals surface area contributed by atoms with Crippen LogP contribution in [-0.4, -0.2) is 35.7 Å². The largest absolute Gasteiger partial charge is 0.393 e. The van der Waals surface area contributed by atoms with Crippen molar-refractivity contribution in [1.29, 1.82) is 0 Å². The highest BCUT2D eigenvalue weighted by molar-refractivity contribution is 9.10. The number of aliphatic hydroxyl groups is 1. The van der Waals surface area contributed by atoms with Crippen LogP contribution in [0.4, 0.5) is 0 Å². The van der Waals surface area contributed by atoms with E-state index >= 15 is 0 Å². The quantitative estimate of drug-likeness (QED) is 0.927. The van der Waals surface area contributed by atoms with Crippen LogP contribution in [0, 0.1) is 0 Å². The molecule has 3 heteroatoms. The average molecular weight is 298 g/mol. The molecule has 2 rings (SSSR count). The van der Waals surface area contributed by atoms with Gasteiger partial charge in [0.15, 0.2) is 0 Å². The van der Waals surface area contributed by atoms with E-state index in [9.17, 15) is 5.11 Å². The second-order valence-electron chi connectivity index (χ2n) is 4.99. The van der Waals surface area contributed by atoms with Crippen LogP contribution in [0.15, 0.2) is 28.7 Å². The Kier molecular flexibility index (Phi) is 4.60. The molecule has 0 saturated carbocycles. The van der Waals surface area contributed by atoms with Crippen molar-refractivity contribution in [3.63, 3.8) is 0 Å². The monoisotopic (exact) mass is 297 g/mol. The summed E-state index contributed by atoms with van der Waals surface area (Å²) in [5.41, 5.74) is 1.38. The highest BCUT2D eigenvalue weighted by atomic mass is 79.9. The van der Waals surface area contributed by atoms with Gasteiger partial charge >= 0.3 is 0 Å². The number of piperidine rings is 1. The van der Waals surface area contributed by atoms with E-state index < -0.39 is 0 Å².